The maximum Gasteiger partial charge on any atom is 0.222 e. The molecule has 2 saturated heterocycles. The van der Waals surface area contributed by atoms with E-state index in [2.05, 4.69) is 34.5 Å². The Morgan fingerprint density at radius 2 is 1.92 bits per heavy atom. The standard InChI is InChI=1S/C21H31N3O2/c25-20(12-16-24-14-5-4-10-21(24)26)22-19-9-6-13-23(17-19)15-11-18-7-2-1-3-8-18/h1-3,7-8,19H,4-6,9-17H2,(H,22,25)/t19-/m0/s1. The van der Waals surface area contributed by atoms with Gasteiger partial charge in [-0.1, -0.05) is 30.3 Å². The lowest BCUT2D eigenvalue weighted by atomic mass is 10.0. The lowest BCUT2D eigenvalue weighted by Crippen LogP contribution is -2.48. The van der Waals surface area contributed by atoms with Crippen LogP contribution in [0.15, 0.2) is 30.3 Å². The van der Waals surface area contributed by atoms with E-state index in [4.69, 9.17) is 0 Å². The van der Waals surface area contributed by atoms with Gasteiger partial charge in [0.15, 0.2) is 0 Å². The minimum Gasteiger partial charge on any atom is -0.352 e. The Bertz CT molecular complexity index is 590. The summed E-state index contributed by atoms with van der Waals surface area (Å²) in [5, 5.41) is 3.18. The van der Waals surface area contributed by atoms with Crippen LogP contribution in [0, 0.1) is 0 Å². The zero-order chi connectivity index (χ0) is 18.2. The third kappa shape index (κ3) is 5.84. The third-order valence-corrected chi connectivity index (χ3v) is 5.46. The number of hydrogen-bond acceptors (Lipinski definition) is 3. The second-order valence-corrected chi connectivity index (χ2v) is 7.53. The van der Waals surface area contributed by atoms with Crippen molar-refractivity contribution in [1.29, 1.82) is 0 Å². The monoisotopic (exact) mass is 357 g/mol. The Balaban J connectivity index is 1.37. The van der Waals surface area contributed by atoms with E-state index in [-0.39, 0.29) is 17.9 Å². The summed E-state index contributed by atoms with van der Waals surface area (Å²) in [4.78, 5) is 28.4. The predicted octanol–water partition coefficient (Wildman–Crippen LogP) is 2.21. The highest BCUT2D eigenvalue weighted by molar-refractivity contribution is 5.79. The molecule has 0 aliphatic carbocycles. The van der Waals surface area contributed by atoms with E-state index < -0.39 is 0 Å². The molecule has 0 spiro atoms. The van der Waals surface area contributed by atoms with Gasteiger partial charge in [-0.3, -0.25) is 9.59 Å². The summed E-state index contributed by atoms with van der Waals surface area (Å²) in [5.74, 6) is 0.284. The number of amides is 2. The van der Waals surface area contributed by atoms with E-state index in [0.717, 1.165) is 58.3 Å². The molecule has 26 heavy (non-hydrogen) atoms. The van der Waals surface area contributed by atoms with Crippen molar-refractivity contribution in [3.63, 3.8) is 0 Å². The van der Waals surface area contributed by atoms with Gasteiger partial charge in [0.25, 0.3) is 0 Å². The van der Waals surface area contributed by atoms with Crippen molar-refractivity contribution >= 4 is 11.8 Å². The summed E-state index contributed by atoms with van der Waals surface area (Å²) in [6, 6.07) is 10.8. The van der Waals surface area contributed by atoms with Crippen molar-refractivity contribution < 1.29 is 9.59 Å². The van der Waals surface area contributed by atoms with E-state index >= 15 is 0 Å². The van der Waals surface area contributed by atoms with Gasteiger partial charge in [-0.25, -0.2) is 0 Å². The molecular weight excluding hydrogens is 326 g/mol. The number of hydrogen-bond donors (Lipinski definition) is 1. The van der Waals surface area contributed by atoms with E-state index in [1.807, 2.05) is 11.0 Å². The molecule has 0 bridgehead atoms. The maximum atomic E-state index is 12.3. The van der Waals surface area contributed by atoms with Crippen molar-refractivity contribution in [2.75, 3.05) is 32.7 Å². The third-order valence-electron chi connectivity index (χ3n) is 5.46. The Kier molecular flexibility index (Phi) is 7.06. The van der Waals surface area contributed by atoms with Crippen LogP contribution < -0.4 is 5.32 Å². The zero-order valence-corrected chi connectivity index (χ0v) is 15.7. The Morgan fingerprint density at radius 3 is 2.73 bits per heavy atom. The Hall–Kier alpha value is -1.88. The first-order valence-electron chi connectivity index (χ1n) is 10.0. The summed E-state index contributed by atoms with van der Waals surface area (Å²) < 4.78 is 0. The van der Waals surface area contributed by atoms with Crippen LogP contribution in [0.5, 0.6) is 0 Å². The minimum atomic E-state index is 0.0817. The molecule has 1 aromatic rings. The molecule has 0 unspecified atom stereocenters. The number of nitrogens with one attached hydrogen (secondary N) is 1. The van der Waals surface area contributed by atoms with E-state index in [1.165, 1.54) is 5.56 Å². The topological polar surface area (TPSA) is 52.7 Å². The first-order valence-corrected chi connectivity index (χ1v) is 10.0. The summed E-state index contributed by atoms with van der Waals surface area (Å²) in [7, 11) is 0. The molecule has 0 saturated carbocycles. The average molecular weight is 357 g/mol. The fourth-order valence-electron chi connectivity index (χ4n) is 3.94. The van der Waals surface area contributed by atoms with Gasteiger partial charge >= 0.3 is 0 Å². The molecule has 2 amide bonds. The molecule has 5 nitrogen and oxygen atoms in total. The molecular formula is C21H31N3O2. The number of benzene rings is 1. The Labute approximate surface area is 156 Å². The van der Waals surface area contributed by atoms with Gasteiger partial charge in [0.05, 0.1) is 0 Å². The number of likely N-dealkylation sites (tertiary alicyclic amines) is 2. The normalized spacial score (nSPS) is 21.6. The molecule has 2 aliphatic rings. The van der Waals surface area contributed by atoms with Crippen molar-refractivity contribution in [2.45, 2.75) is 51.0 Å². The second kappa shape index (κ2) is 9.72. The molecule has 1 N–H and O–H groups in total. The van der Waals surface area contributed by atoms with Crippen LogP contribution in [0.3, 0.4) is 0 Å². The van der Waals surface area contributed by atoms with Gasteiger partial charge in [-0.05, 0) is 44.2 Å². The highest BCUT2D eigenvalue weighted by Crippen LogP contribution is 2.13. The molecule has 2 aliphatic heterocycles. The van der Waals surface area contributed by atoms with Gasteiger partial charge in [0.2, 0.25) is 11.8 Å². The van der Waals surface area contributed by atoms with E-state index in [1.54, 1.807) is 0 Å². The van der Waals surface area contributed by atoms with E-state index in [0.29, 0.717) is 19.4 Å². The summed E-state index contributed by atoms with van der Waals surface area (Å²) >= 11 is 0. The lowest BCUT2D eigenvalue weighted by molar-refractivity contribution is -0.133. The first-order chi connectivity index (χ1) is 12.7. The molecule has 1 atom stereocenters. The SMILES string of the molecule is O=C(CCN1CCCCC1=O)N[C@H]1CCCN(CCc2ccccc2)C1. The molecule has 5 heteroatoms. The number of nitrogens with zero attached hydrogens (tertiary/aromatic N) is 2. The van der Waals surface area contributed by atoms with Gasteiger partial charge in [-0.2, -0.15) is 0 Å². The number of carbonyl (C=O) groups excluding carboxylic acids is 2. The van der Waals surface area contributed by atoms with Crippen LogP contribution in [-0.4, -0.2) is 60.4 Å². The highest BCUT2D eigenvalue weighted by Gasteiger charge is 2.22. The van der Waals surface area contributed by atoms with Crippen molar-refractivity contribution in [3.8, 4) is 0 Å². The molecule has 0 aromatic heterocycles. The lowest BCUT2D eigenvalue weighted by Gasteiger charge is -2.33. The minimum absolute atomic E-state index is 0.0817. The molecule has 2 fully saturated rings. The zero-order valence-electron chi connectivity index (χ0n) is 15.7. The first kappa shape index (κ1) is 18.9. The van der Waals surface area contributed by atoms with Crippen LogP contribution in [0.1, 0.15) is 44.1 Å². The number of carbonyl (C=O) groups is 2. The van der Waals surface area contributed by atoms with Gasteiger partial charge < -0.3 is 15.1 Å². The van der Waals surface area contributed by atoms with Crippen LogP contribution in [0.25, 0.3) is 0 Å². The number of piperidine rings is 2. The summed E-state index contributed by atoms with van der Waals surface area (Å²) in [5.41, 5.74) is 1.37. The highest BCUT2D eigenvalue weighted by atomic mass is 16.2. The molecule has 3 rings (SSSR count). The van der Waals surface area contributed by atoms with Crippen molar-refractivity contribution in [1.82, 2.24) is 15.1 Å². The molecule has 2 heterocycles. The van der Waals surface area contributed by atoms with Gasteiger partial charge in [0, 0.05) is 45.1 Å². The predicted molar refractivity (Wildman–Crippen MR) is 103 cm³/mol. The van der Waals surface area contributed by atoms with Gasteiger partial charge in [0.1, 0.15) is 0 Å². The smallest absolute Gasteiger partial charge is 0.222 e. The summed E-state index contributed by atoms with van der Waals surface area (Å²) in [6.07, 6.45) is 6.35. The Morgan fingerprint density at radius 1 is 1.08 bits per heavy atom. The van der Waals surface area contributed by atoms with Crippen LogP contribution >= 0.6 is 0 Å². The summed E-state index contributed by atoms with van der Waals surface area (Å²) in [6.45, 7) is 4.46. The van der Waals surface area contributed by atoms with Crippen LogP contribution in [0.2, 0.25) is 0 Å². The molecule has 1 aromatic carbocycles. The molecule has 142 valence electrons. The number of rotatable bonds is 7. The fourth-order valence-corrected chi connectivity index (χ4v) is 3.94. The maximum absolute atomic E-state index is 12.3. The average Bonchev–Trinajstić information content (AvgIpc) is 2.67. The van der Waals surface area contributed by atoms with Crippen LogP contribution in [0.4, 0.5) is 0 Å². The van der Waals surface area contributed by atoms with Crippen molar-refractivity contribution in [3.05, 3.63) is 35.9 Å². The molecule has 0 radical (unpaired) electrons. The largest absolute Gasteiger partial charge is 0.352 e. The van der Waals surface area contributed by atoms with E-state index in [9.17, 15) is 9.59 Å². The van der Waals surface area contributed by atoms with Crippen LogP contribution in [-0.2, 0) is 16.0 Å². The second-order valence-electron chi connectivity index (χ2n) is 7.53. The fraction of sp³-hybridized carbons (Fsp3) is 0.619. The quantitative estimate of drug-likeness (QED) is 0.814. The van der Waals surface area contributed by atoms with Gasteiger partial charge in [-0.15, -0.1) is 0 Å². The van der Waals surface area contributed by atoms with Crippen molar-refractivity contribution in [2.24, 2.45) is 0 Å².